The molecule has 4 nitrogen and oxygen atoms in total. The monoisotopic (exact) mass is 428 g/mol. The maximum Gasteiger partial charge on any atom is 0.241 e. The Hall–Kier alpha value is -1.06. The number of hydrazine groups is 1. The lowest BCUT2D eigenvalue weighted by molar-refractivity contribution is -0.136. The van der Waals surface area contributed by atoms with Gasteiger partial charge in [-0.2, -0.15) is 0 Å². The molecule has 2 amide bonds. The lowest BCUT2D eigenvalue weighted by atomic mass is 9.65. The second-order valence-electron chi connectivity index (χ2n) is 12.4. The molecule has 0 heterocycles. The molecule has 8 unspecified atom stereocenters. The van der Waals surface area contributed by atoms with Crippen LogP contribution in [0.25, 0.3) is 0 Å². The highest BCUT2D eigenvalue weighted by Crippen LogP contribution is 2.63. The van der Waals surface area contributed by atoms with E-state index in [0.29, 0.717) is 17.3 Å². The smallest absolute Gasteiger partial charge is 0.241 e. The van der Waals surface area contributed by atoms with Crippen molar-refractivity contribution >= 4 is 11.8 Å². The summed E-state index contributed by atoms with van der Waals surface area (Å²) in [6.07, 6.45) is 17.3. The third-order valence-electron chi connectivity index (χ3n) is 10.8. The number of fused-ring (bicyclic) bond motifs is 4. The molecule has 0 aliphatic heterocycles. The fourth-order valence-electron chi connectivity index (χ4n) is 9.25. The number of carbonyl (C=O) groups excluding carboxylic acids is 2. The number of rotatable bonds is 2. The van der Waals surface area contributed by atoms with Gasteiger partial charge in [-0.05, 0) is 85.9 Å². The first-order valence-electron chi connectivity index (χ1n) is 13.6. The fourth-order valence-corrected chi connectivity index (χ4v) is 9.25. The molecule has 5 saturated carbocycles. The minimum Gasteiger partial charge on any atom is -0.273 e. The van der Waals surface area contributed by atoms with Gasteiger partial charge in [-0.1, -0.05) is 58.8 Å². The Balaban J connectivity index is 1.17. The molecule has 31 heavy (non-hydrogen) atoms. The van der Waals surface area contributed by atoms with Crippen LogP contribution in [0.1, 0.15) is 104 Å². The zero-order valence-corrected chi connectivity index (χ0v) is 19.8. The summed E-state index contributed by atoms with van der Waals surface area (Å²) in [7, 11) is 0. The third-order valence-corrected chi connectivity index (χ3v) is 10.8. The van der Waals surface area contributed by atoms with E-state index < -0.39 is 0 Å². The molecular formula is C27H44N2O2. The predicted molar refractivity (Wildman–Crippen MR) is 123 cm³/mol. The Bertz CT molecular complexity index is 687. The second kappa shape index (κ2) is 8.71. The van der Waals surface area contributed by atoms with Crippen LogP contribution < -0.4 is 10.9 Å². The molecule has 5 aliphatic rings. The fraction of sp³-hybridized carbons (Fsp3) is 0.926. The summed E-state index contributed by atoms with van der Waals surface area (Å²) in [5.74, 6) is 4.82. The van der Waals surface area contributed by atoms with Crippen LogP contribution in [-0.4, -0.2) is 11.8 Å². The predicted octanol–water partition coefficient (Wildman–Crippen LogP) is 5.62. The Labute approximate surface area is 189 Å². The second-order valence-corrected chi connectivity index (χ2v) is 12.4. The molecule has 0 aromatic heterocycles. The molecule has 0 aromatic rings. The number of nitrogens with one attached hydrogen (secondary N) is 2. The van der Waals surface area contributed by atoms with Crippen LogP contribution in [0.4, 0.5) is 0 Å². The van der Waals surface area contributed by atoms with Gasteiger partial charge in [0, 0.05) is 11.8 Å². The highest BCUT2D eigenvalue weighted by Gasteiger charge is 2.56. The molecule has 5 aliphatic carbocycles. The third kappa shape index (κ3) is 3.95. The van der Waals surface area contributed by atoms with Crippen LogP contribution in [0.2, 0.25) is 0 Å². The summed E-state index contributed by atoms with van der Waals surface area (Å²) in [5, 5.41) is 0. The van der Waals surface area contributed by atoms with Crippen LogP contribution >= 0.6 is 0 Å². The summed E-state index contributed by atoms with van der Waals surface area (Å²) in [4.78, 5) is 26.0. The molecule has 0 bridgehead atoms. The quantitative estimate of drug-likeness (QED) is 0.561. The van der Waals surface area contributed by atoms with Gasteiger partial charge >= 0.3 is 0 Å². The van der Waals surface area contributed by atoms with E-state index in [0.717, 1.165) is 49.4 Å². The van der Waals surface area contributed by atoms with Gasteiger partial charge in [-0.15, -0.1) is 0 Å². The van der Waals surface area contributed by atoms with E-state index in [1.54, 1.807) is 0 Å². The van der Waals surface area contributed by atoms with Crippen molar-refractivity contribution in [2.45, 2.75) is 104 Å². The Morgan fingerprint density at radius 1 is 0.645 bits per heavy atom. The number of carbonyl (C=O) groups is 2. The maximum atomic E-state index is 13.1. The van der Waals surface area contributed by atoms with Gasteiger partial charge in [0.05, 0.1) is 0 Å². The Kier molecular flexibility index (Phi) is 6.11. The summed E-state index contributed by atoms with van der Waals surface area (Å²) in [6, 6.07) is 0. The van der Waals surface area contributed by atoms with Crippen molar-refractivity contribution in [3.8, 4) is 0 Å². The minimum atomic E-state index is 0.0634. The van der Waals surface area contributed by atoms with Crippen LogP contribution in [0.3, 0.4) is 0 Å². The lowest BCUT2D eigenvalue weighted by Gasteiger charge is -2.41. The van der Waals surface area contributed by atoms with E-state index in [2.05, 4.69) is 24.7 Å². The van der Waals surface area contributed by atoms with Gasteiger partial charge in [0.25, 0.3) is 0 Å². The van der Waals surface area contributed by atoms with E-state index in [4.69, 9.17) is 0 Å². The topological polar surface area (TPSA) is 58.2 Å². The molecule has 174 valence electrons. The van der Waals surface area contributed by atoms with Crippen LogP contribution in [-0.2, 0) is 9.59 Å². The molecule has 5 rings (SSSR count). The van der Waals surface area contributed by atoms with Gasteiger partial charge in [-0.3, -0.25) is 20.4 Å². The van der Waals surface area contributed by atoms with E-state index in [-0.39, 0.29) is 23.7 Å². The van der Waals surface area contributed by atoms with Crippen molar-refractivity contribution in [2.24, 2.45) is 52.8 Å². The van der Waals surface area contributed by atoms with Gasteiger partial charge in [-0.25, -0.2) is 0 Å². The Morgan fingerprint density at radius 3 is 2.13 bits per heavy atom. The van der Waals surface area contributed by atoms with E-state index in [1.165, 1.54) is 64.2 Å². The summed E-state index contributed by atoms with van der Waals surface area (Å²) < 4.78 is 0. The highest BCUT2D eigenvalue weighted by molar-refractivity contribution is 5.84. The first-order valence-corrected chi connectivity index (χ1v) is 13.6. The average molecular weight is 429 g/mol. The molecular weight excluding hydrogens is 384 g/mol. The molecule has 4 heteroatoms. The number of hydrogen-bond acceptors (Lipinski definition) is 2. The van der Waals surface area contributed by atoms with Gasteiger partial charge in [0.1, 0.15) is 0 Å². The van der Waals surface area contributed by atoms with E-state index >= 15 is 0 Å². The maximum absolute atomic E-state index is 13.1. The van der Waals surface area contributed by atoms with Crippen LogP contribution in [0, 0.1) is 52.8 Å². The van der Waals surface area contributed by atoms with Crippen molar-refractivity contribution in [1.82, 2.24) is 10.9 Å². The summed E-state index contributed by atoms with van der Waals surface area (Å²) in [6.45, 7) is 4.96. The molecule has 0 aromatic carbocycles. The highest BCUT2D eigenvalue weighted by atomic mass is 16.2. The van der Waals surface area contributed by atoms with Crippen LogP contribution in [0.15, 0.2) is 0 Å². The number of hydrogen-bond donors (Lipinski definition) is 2. The van der Waals surface area contributed by atoms with Crippen LogP contribution in [0.5, 0.6) is 0 Å². The van der Waals surface area contributed by atoms with Gasteiger partial charge < -0.3 is 0 Å². The standard InChI is InChI=1S/C27H44N2O2/c1-27(2)23-13-6-5-11-20(23)21-15-14-18(16-24(21)27)25(30)28-29-26(31)22-12-7-9-17-8-3-4-10-19(17)22/h17-24H,3-16H2,1-2H3,(H,28,30)(H,29,31). The van der Waals surface area contributed by atoms with Gasteiger partial charge in [0.15, 0.2) is 0 Å². The lowest BCUT2D eigenvalue weighted by Crippen LogP contribution is -2.50. The average Bonchev–Trinajstić information content (AvgIpc) is 3.03. The van der Waals surface area contributed by atoms with E-state index in [9.17, 15) is 9.59 Å². The summed E-state index contributed by atoms with van der Waals surface area (Å²) in [5.41, 5.74) is 6.11. The first kappa shape index (κ1) is 21.8. The zero-order valence-electron chi connectivity index (χ0n) is 19.8. The molecule has 5 fully saturated rings. The molecule has 0 radical (unpaired) electrons. The Morgan fingerprint density at radius 2 is 1.29 bits per heavy atom. The zero-order chi connectivity index (χ0) is 21.6. The van der Waals surface area contributed by atoms with Crippen molar-refractivity contribution < 1.29 is 9.59 Å². The molecule has 0 saturated heterocycles. The molecule has 2 N–H and O–H groups in total. The summed E-state index contributed by atoms with van der Waals surface area (Å²) >= 11 is 0. The normalized spacial score (nSPS) is 43.8. The largest absolute Gasteiger partial charge is 0.273 e. The van der Waals surface area contributed by atoms with Crippen molar-refractivity contribution in [2.75, 3.05) is 0 Å². The molecule has 8 atom stereocenters. The first-order chi connectivity index (χ1) is 15.0. The number of amides is 2. The van der Waals surface area contributed by atoms with Crippen molar-refractivity contribution in [3.63, 3.8) is 0 Å². The van der Waals surface area contributed by atoms with Crippen molar-refractivity contribution in [3.05, 3.63) is 0 Å². The molecule has 0 spiro atoms. The van der Waals surface area contributed by atoms with Crippen molar-refractivity contribution in [1.29, 1.82) is 0 Å². The minimum absolute atomic E-state index is 0.0634. The van der Waals surface area contributed by atoms with E-state index in [1.807, 2.05) is 0 Å². The SMILES string of the molecule is CC1(C)C2CCCCC2C2CCC(C(=O)NNC(=O)C3CCCC4CCCCC43)CC21. The van der Waals surface area contributed by atoms with Gasteiger partial charge in [0.2, 0.25) is 11.8 Å².